The minimum absolute atomic E-state index is 0.0769. The molecular formula is C14H14BrFN2O2S. The molecular weight excluding hydrogens is 359 g/mol. The van der Waals surface area contributed by atoms with E-state index >= 15 is 0 Å². The molecule has 1 aromatic heterocycles. The van der Waals surface area contributed by atoms with E-state index in [0.717, 1.165) is 4.47 Å². The van der Waals surface area contributed by atoms with Gasteiger partial charge in [0.05, 0.1) is 4.90 Å². The number of nitrogens with zero attached hydrogens (tertiary/aromatic N) is 1. The number of hydrogen-bond acceptors (Lipinski definition) is 3. The fraction of sp³-hybridized carbons (Fsp3) is 0.214. The largest absolute Gasteiger partial charge is 0.263 e. The Morgan fingerprint density at radius 3 is 2.19 bits per heavy atom. The molecule has 0 unspecified atom stereocenters. The number of aromatic nitrogens is 1. The normalized spacial score (nSPS) is 11.5. The highest BCUT2D eigenvalue weighted by atomic mass is 79.9. The van der Waals surface area contributed by atoms with Gasteiger partial charge in [-0.3, -0.25) is 4.72 Å². The van der Waals surface area contributed by atoms with Crippen molar-refractivity contribution in [3.63, 3.8) is 0 Å². The van der Waals surface area contributed by atoms with Crippen LogP contribution in [0.5, 0.6) is 0 Å². The predicted octanol–water partition coefficient (Wildman–Crippen LogP) is 3.71. The lowest BCUT2D eigenvalue weighted by Gasteiger charge is -2.14. The lowest BCUT2D eigenvalue weighted by Crippen LogP contribution is -2.17. The molecule has 0 saturated heterocycles. The molecule has 0 aliphatic carbocycles. The highest BCUT2D eigenvalue weighted by molar-refractivity contribution is 9.10. The first kappa shape index (κ1) is 15.9. The molecule has 0 amide bonds. The third kappa shape index (κ3) is 3.41. The van der Waals surface area contributed by atoms with Gasteiger partial charge in [-0.15, -0.1) is 0 Å². The molecule has 7 heteroatoms. The molecule has 0 aliphatic heterocycles. The Hall–Kier alpha value is -1.47. The van der Waals surface area contributed by atoms with Crippen molar-refractivity contribution in [2.24, 2.45) is 0 Å². The van der Waals surface area contributed by atoms with Crippen LogP contribution < -0.4 is 4.72 Å². The minimum Gasteiger partial charge on any atom is -0.263 e. The van der Waals surface area contributed by atoms with Crippen LogP contribution in [-0.4, -0.2) is 13.4 Å². The van der Waals surface area contributed by atoms with Crippen LogP contribution in [0.25, 0.3) is 0 Å². The first-order valence-corrected chi connectivity index (χ1v) is 8.40. The first-order valence-electron chi connectivity index (χ1n) is 6.12. The maximum absolute atomic E-state index is 13.3. The molecule has 112 valence electrons. The summed E-state index contributed by atoms with van der Waals surface area (Å²) in [6.45, 7) is 4.87. The summed E-state index contributed by atoms with van der Waals surface area (Å²) in [5, 5.41) is 0. The number of aryl methyl sites for hydroxylation is 3. The van der Waals surface area contributed by atoms with E-state index in [2.05, 4.69) is 25.6 Å². The van der Waals surface area contributed by atoms with Gasteiger partial charge >= 0.3 is 0 Å². The van der Waals surface area contributed by atoms with Crippen molar-refractivity contribution < 1.29 is 12.8 Å². The van der Waals surface area contributed by atoms with Gasteiger partial charge in [-0.25, -0.2) is 17.8 Å². The van der Waals surface area contributed by atoms with Crippen molar-refractivity contribution in [2.45, 2.75) is 25.7 Å². The molecule has 21 heavy (non-hydrogen) atoms. The van der Waals surface area contributed by atoms with Gasteiger partial charge in [-0.05, 0) is 71.6 Å². The summed E-state index contributed by atoms with van der Waals surface area (Å²) in [6.07, 6.45) is 1.51. The number of benzene rings is 1. The van der Waals surface area contributed by atoms with Crippen LogP contribution in [0.2, 0.25) is 0 Å². The summed E-state index contributed by atoms with van der Waals surface area (Å²) in [5.74, 6) is -0.205. The van der Waals surface area contributed by atoms with Crippen LogP contribution in [0.1, 0.15) is 16.7 Å². The second-order valence-electron chi connectivity index (χ2n) is 4.79. The van der Waals surface area contributed by atoms with E-state index in [1.807, 2.05) is 0 Å². The lowest BCUT2D eigenvalue weighted by atomic mass is 10.1. The summed E-state index contributed by atoms with van der Waals surface area (Å²) >= 11 is 3.27. The number of hydrogen-bond donors (Lipinski definition) is 1. The SMILES string of the molecule is Cc1cc(Br)cnc1NS(=O)(=O)c1c(C)cc(F)cc1C. The molecule has 0 spiro atoms. The molecule has 0 bridgehead atoms. The standard InChI is InChI=1S/C14H14BrFN2O2S/c1-8-5-12(16)6-9(2)13(8)21(19,20)18-14-10(3)4-11(15)7-17-14/h4-7H,1-3H3,(H,17,18). The topological polar surface area (TPSA) is 59.1 Å². The third-order valence-electron chi connectivity index (χ3n) is 2.97. The zero-order valence-electron chi connectivity index (χ0n) is 11.7. The summed E-state index contributed by atoms with van der Waals surface area (Å²) in [6, 6.07) is 4.15. The van der Waals surface area contributed by atoms with Crippen LogP contribution in [0.15, 0.2) is 33.8 Å². The molecule has 4 nitrogen and oxygen atoms in total. The highest BCUT2D eigenvalue weighted by Gasteiger charge is 2.21. The first-order chi connectivity index (χ1) is 9.70. The van der Waals surface area contributed by atoms with E-state index in [9.17, 15) is 12.8 Å². The smallest absolute Gasteiger partial charge is 0.263 e. The maximum Gasteiger partial charge on any atom is 0.263 e. The number of rotatable bonds is 3. The van der Waals surface area contributed by atoms with E-state index in [-0.39, 0.29) is 10.7 Å². The van der Waals surface area contributed by atoms with Gasteiger partial charge in [-0.2, -0.15) is 0 Å². The number of nitrogens with one attached hydrogen (secondary N) is 1. The summed E-state index contributed by atoms with van der Waals surface area (Å²) in [4.78, 5) is 4.13. The van der Waals surface area contributed by atoms with E-state index in [1.54, 1.807) is 26.8 Å². The van der Waals surface area contributed by atoms with Gasteiger partial charge in [0.15, 0.2) is 0 Å². The van der Waals surface area contributed by atoms with Gasteiger partial charge < -0.3 is 0 Å². The van der Waals surface area contributed by atoms with Crippen LogP contribution in [0.3, 0.4) is 0 Å². The predicted molar refractivity (Wildman–Crippen MR) is 83.4 cm³/mol. The molecule has 0 aliphatic rings. The molecule has 2 rings (SSSR count). The van der Waals surface area contributed by atoms with Crippen LogP contribution in [0, 0.1) is 26.6 Å². The maximum atomic E-state index is 13.3. The molecule has 0 saturated carbocycles. The van der Waals surface area contributed by atoms with Crippen molar-refractivity contribution in [1.29, 1.82) is 0 Å². The Labute approximate surface area is 131 Å². The second-order valence-corrected chi connectivity index (χ2v) is 7.33. The fourth-order valence-electron chi connectivity index (χ4n) is 2.15. The monoisotopic (exact) mass is 372 g/mol. The summed E-state index contributed by atoms with van der Waals surface area (Å²) < 4.78 is 41.5. The van der Waals surface area contributed by atoms with Crippen molar-refractivity contribution in [3.05, 3.63) is 51.4 Å². The number of anilines is 1. The fourth-order valence-corrected chi connectivity index (χ4v) is 4.13. The average molecular weight is 373 g/mol. The zero-order valence-corrected chi connectivity index (χ0v) is 14.1. The Bertz CT molecular complexity index is 784. The molecule has 0 atom stereocenters. The second kappa shape index (κ2) is 5.73. The van der Waals surface area contributed by atoms with Crippen molar-refractivity contribution in [3.8, 4) is 0 Å². The Balaban J connectivity index is 2.48. The summed E-state index contributed by atoms with van der Waals surface area (Å²) in [7, 11) is -3.82. The lowest BCUT2D eigenvalue weighted by molar-refractivity contribution is 0.597. The average Bonchev–Trinajstić information content (AvgIpc) is 2.30. The minimum atomic E-state index is -3.82. The zero-order chi connectivity index (χ0) is 15.8. The van der Waals surface area contributed by atoms with Gasteiger partial charge in [0, 0.05) is 10.7 Å². The third-order valence-corrected chi connectivity index (χ3v) is 5.05. The quantitative estimate of drug-likeness (QED) is 0.893. The van der Waals surface area contributed by atoms with Crippen LogP contribution >= 0.6 is 15.9 Å². The van der Waals surface area contributed by atoms with Crippen molar-refractivity contribution >= 4 is 31.8 Å². The summed E-state index contributed by atoms with van der Waals surface area (Å²) in [5.41, 5.74) is 1.40. The number of sulfonamides is 1. The van der Waals surface area contributed by atoms with Crippen LogP contribution in [0.4, 0.5) is 10.2 Å². The van der Waals surface area contributed by atoms with Gasteiger partial charge in [0.25, 0.3) is 10.0 Å². The highest BCUT2D eigenvalue weighted by Crippen LogP contribution is 2.25. The van der Waals surface area contributed by atoms with E-state index < -0.39 is 15.8 Å². The molecule has 0 radical (unpaired) electrons. The van der Waals surface area contributed by atoms with E-state index in [0.29, 0.717) is 16.7 Å². The molecule has 1 N–H and O–H groups in total. The number of pyridine rings is 1. The van der Waals surface area contributed by atoms with Gasteiger partial charge in [0.1, 0.15) is 11.6 Å². The van der Waals surface area contributed by atoms with Crippen molar-refractivity contribution in [2.75, 3.05) is 4.72 Å². The van der Waals surface area contributed by atoms with Gasteiger partial charge in [-0.1, -0.05) is 0 Å². The Morgan fingerprint density at radius 2 is 1.67 bits per heavy atom. The Kier molecular flexibility index (Phi) is 4.34. The molecule has 1 aromatic carbocycles. The molecule has 1 heterocycles. The van der Waals surface area contributed by atoms with E-state index in [4.69, 9.17) is 0 Å². The molecule has 0 fully saturated rings. The number of halogens is 2. The van der Waals surface area contributed by atoms with Crippen molar-refractivity contribution in [1.82, 2.24) is 4.98 Å². The van der Waals surface area contributed by atoms with Gasteiger partial charge in [0.2, 0.25) is 0 Å². The molecule has 2 aromatic rings. The van der Waals surface area contributed by atoms with Crippen LogP contribution in [-0.2, 0) is 10.0 Å². The van der Waals surface area contributed by atoms with E-state index in [1.165, 1.54) is 18.3 Å². The Morgan fingerprint density at radius 1 is 1.10 bits per heavy atom.